The lowest BCUT2D eigenvalue weighted by Crippen LogP contribution is -2.01. The van der Waals surface area contributed by atoms with Crippen molar-refractivity contribution < 1.29 is 4.39 Å². The second kappa shape index (κ2) is 3.26. The van der Waals surface area contributed by atoms with E-state index in [1.165, 1.54) is 35.4 Å². The molecule has 0 aliphatic heterocycles. The highest BCUT2D eigenvalue weighted by molar-refractivity contribution is 5.47. The van der Waals surface area contributed by atoms with E-state index in [0.717, 1.165) is 0 Å². The molecular weight excluding hydrogens is 183 g/mol. The lowest BCUT2D eigenvalue weighted by molar-refractivity contribution is 0.622. The maximum absolute atomic E-state index is 12.9. The molecular formula is C9H5FN4. The van der Waals surface area contributed by atoms with Crippen LogP contribution >= 0.6 is 0 Å². The predicted molar refractivity (Wildman–Crippen MR) is 46.0 cm³/mol. The van der Waals surface area contributed by atoms with Gasteiger partial charge in [-0.1, -0.05) is 0 Å². The van der Waals surface area contributed by atoms with Crippen LogP contribution in [0.15, 0.2) is 30.6 Å². The Balaban J connectivity index is 2.63. The summed E-state index contributed by atoms with van der Waals surface area (Å²) in [4.78, 5) is 1.21. The Labute approximate surface area is 79.2 Å². The van der Waals surface area contributed by atoms with Crippen LogP contribution in [0.4, 0.5) is 4.39 Å². The first kappa shape index (κ1) is 8.38. The molecule has 0 atom stereocenters. The number of halogens is 1. The molecule has 68 valence electrons. The lowest BCUT2D eigenvalue weighted by atomic mass is 10.2. The van der Waals surface area contributed by atoms with Crippen molar-refractivity contribution in [3.63, 3.8) is 0 Å². The van der Waals surface area contributed by atoms with Crippen LogP contribution < -0.4 is 0 Å². The van der Waals surface area contributed by atoms with E-state index in [1.54, 1.807) is 0 Å². The molecule has 1 aromatic heterocycles. The van der Waals surface area contributed by atoms with E-state index in [2.05, 4.69) is 10.2 Å². The van der Waals surface area contributed by atoms with Gasteiger partial charge in [0.1, 0.15) is 17.6 Å². The molecule has 4 nitrogen and oxygen atoms in total. The average molecular weight is 188 g/mol. The molecule has 0 spiro atoms. The Hall–Kier alpha value is -2.22. The van der Waals surface area contributed by atoms with E-state index in [1.807, 2.05) is 6.07 Å². The third kappa shape index (κ3) is 1.33. The number of rotatable bonds is 1. The molecule has 14 heavy (non-hydrogen) atoms. The Morgan fingerprint density at radius 1 is 1.29 bits per heavy atom. The molecule has 5 heteroatoms. The normalized spacial score (nSPS) is 9.71. The highest BCUT2D eigenvalue weighted by atomic mass is 19.1. The second-order valence-electron chi connectivity index (χ2n) is 2.59. The van der Waals surface area contributed by atoms with Gasteiger partial charge in [0.25, 0.3) is 0 Å². The van der Waals surface area contributed by atoms with Crippen molar-refractivity contribution in [3.05, 3.63) is 42.0 Å². The molecule has 1 aromatic carbocycles. The molecule has 0 saturated carbocycles. The average Bonchev–Trinajstić information content (AvgIpc) is 2.70. The van der Waals surface area contributed by atoms with Gasteiger partial charge in [0.15, 0.2) is 0 Å². The minimum atomic E-state index is -0.420. The zero-order chi connectivity index (χ0) is 9.97. The summed E-state index contributed by atoms with van der Waals surface area (Å²) < 4.78 is 12.9. The first-order chi connectivity index (χ1) is 6.81. The molecule has 0 unspecified atom stereocenters. The summed E-state index contributed by atoms with van der Waals surface area (Å²) in [5, 5.41) is 16.4. The number of hydrogen-bond donors (Lipinski definition) is 0. The molecule has 0 bridgehead atoms. The SMILES string of the molecule is N#Cc1ccc(F)cc1-n1nccn1. The van der Waals surface area contributed by atoms with Crippen LogP contribution in [0.5, 0.6) is 0 Å². The molecule has 1 heterocycles. The highest BCUT2D eigenvalue weighted by Crippen LogP contribution is 2.13. The van der Waals surface area contributed by atoms with Crippen LogP contribution in [-0.4, -0.2) is 15.0 Å². The Bertz CT molecular complexity index is 484. The summed E-state index contributed by atoms with van der Waals surface area (Å²) in [5.41, 5.74) is 0.681. The van der Waals surface area contributed by atoms with E-state index < -0.39 is 5.82 Å². The van der Waals surface area contributed by atoms with E-state index in [0.29, 0.717) is 11.3 Å². The van der Waals surface area contributed by atoms with Crippen molar-refractivity contribution in [2.75, 3.05) is 0 Å². The van der Waals surface area contributed by atoms with Crippen LogP contribution in [0.2, 0.25) is 0 Å². The smallest absolute Gasteiger partial charge is 0.125 e. The zero-order valence-electron chi connectivity index (χ0n) is 7.05. The fourth-order valence-corrected chi connectivity index (χ4v) is 1.10. The third-order valence-corrected chi connectivity index (χ3v) is 1.71. The van der Waals surface area contributed by atoms with Crippen molar-refractivity contribution in [1.29, 1.82) is 5.26 Å². The summed E-state index contributed by atoms with van der Waals surface area (Å²) >= 11 is 0. The van der Waals surface area contributed by atoms with Crippen molar-refractivity contribution in [2.24, 2.45) is 0 Å². The van der Waals surface area contributed by atoms with Crippen LogP contribution in [0.3, 0.4) is 0 Å². The Morgan fingerprint density at radius 3 is 2.64 bits per heavy atom. The molecule has 0 aliphatic carbocycles. The number of aromatic nitrogens is 3. The van der Waals surface area contributed by atoms with Crippen molar-refractivity contribution in [3.8, 4) is 11.8 Å². The predicted octanol–water partition coefficient (Wildman–Crippen LogP) is 1.28. The van der Waals surface area contributed by atoms with Gasteiger partial charge in [0.05, 0.1) is 18.0 Å². The highest BCUT2D eigenvalue weighted by Gasteiger charge is 2.06. The maximum atomic E-state index is 12.9. The molecule has 0 N–H and O–H groups in total. The number of benzene rings is 1. The van der Waals surface area contributed by atoms with Gasteiger partial charge < -0.3 is 0 Å². The van der Waals surface area contributed by atoms with Crippen LogP contribution in [-0.2, 0) is 0 Å². The monoisotopic (exact) mass is 188 g/mol. The van der Waals surface area contributed by atoms with Gasteiger partial charge >= 0.3 is 0 Å². The van der Waals surface area contributed by atoms with Gasteiger partial charge in [0, 0.05) is 6.07 Å². The molecule has 0 radical (unpaired) electrons. The van der Waals surface area contributed by atoms with E-state index in [4.69, 9.17) is 5.26 Å². The van der Waals surface area contributed by atoms with Gasteiger partial charge in [-0.25, -0.2) is 4.39 Å². The van der Waals surface area contributed by atoms with Gasteiger partial charge in [0.2, 0.25) is 0 Å². The topological polar surface area (TPSA) is 54.5 Å². The molecule has 0 saturated heterocycles. The minimum Gasteiger partial charge on any atom is -0.207 e. The van der Waals surface area contributed by atoms with Gasteiger partial charge in [-0.2, -0.15) is 20.3 Å². The Kier molecular flexibility index (Phi) is 1.95. The number of nitriles is 1. The van der Waals surface area contributed by atoms with Crippen LogP contribution in [0, 0.1) is 17.1 Å². The summed E-state index contributed by atoms with van der Waals surface area (Å²) in [5.74, 6) is -0.420. The fourth-order valence-electron chi connectivity index (χ4n) is 1.10. The van der Waals surface area contributed by atoms with Gasteiger partial charge in [-0.05, 0) is 12.1 Å². The number of hydrogen-bond acceptors (Lipinski definition) is 3. The van der Waals surface area contributed by atoms with Gasteiger partial charge in [-0.15, -0.1) is 0 Å². The molecule has 2 rings (SSSR count). The Morgan fingerprint density at radius 2 is 2.00 bits per heavy atom. The second-order valence-corrected chi connectivity index (χ2v) is 2.59. The third-order valence-electron chi connectivity index (χ3n) is 1.71. The quantitative estimate of drug-likeness (QED) is 0.677. The van der Waals surface area contributed by atoms with Gasteiger partial charge in [-0.3, -0.25) is 0 Å². The minimum absolute atomic E-state index is 0.336. The lowest BCUT2D eigenvalue weighted by Gasteiger charge is -2.01. The first-order valence-corrected chi connectivity index (χ1v) is 3.87. The molecule has 2 aromatic rings. The first-order valence-electron chi connectivity index (χ1n) is 3.87. The fraction of sp³-hybridized carbons (Fsp3) is 0. The molecule has 0 fully saturated rings. The summed E-state index contributed by atoms with van der Waals surface area (Å²) in [6.07, 6.45) is 2.93. The summed E-state index contributed by atoms with van der Waals surface area (Å²) in [6.45, 7) is 0. The van der Waals surface area contributed by atoms with Crippen LogP contribution in [0.1, 0.15) is 5.56 Å². The zero-order valence-corrected chi connectivity index (χ0v) is 7.05. The molecule has 0 aliphatic rings. The van der Waals surface area contributed by atoms with Crippen LogP contribution in [0.25, 0.3) is 5.69 Å². The van der Waals surface area contributed by atoms with E-state index >= 15 is 0 Å². The van der Waals surface area contributed by atoms with Crippen molar-refractivity contribution in [1.82, 2.24) is 15.0 Å². The summed E-state index contributed by atoms with van der Waals surface area (Å²) in [7, 11) is 0. The van der Waals surface area contributed by atoms with Crippen molar-refractivity contribution >= 4 is 0 Å². The summed E-state index contributed by atoms with van der Waals surface area (Å²) in [6, 6.07) is 5.79. The van der Waals surface area contributed by atoms with E-state index in [9.17, 15) is 4.39 Å². The maximum Gasteiger partial charge on any atom is 0.125 e. The van der Waals surface area contributed by atoms with Crippen molar-refractivity contribution in [2.45, 2.75) is 0 Å². The standard InChI is InChI=1S/C9H5FN4/c10-8-2-1-7(6-11)9(5-8)14-12-3-4-13-14/h1-5H. The number of nitrogens with zero attached hydrogens (tertiary/aromatic N) is 4. The molecule has 0 amide bonds. The largest absolute Gasteiger partial charge is 0.207 e. The van der Waals surface area contributed by atoms with E-state index in [-0.39, 0.29) is 0 Å².